The van der Waals surface area contributed by atoms with E-state index in [1.54, 1.807) is 19.2 Å². The predicted molar refractivity (Wildman–Crippen MR) is 104 cm³/mol. The number of amides is 1. The summed E-state index contributed by atoms with van der Waals surface area (Å²) < 4.78 is 7.05. The van der Waals surface area contributed by atoms with Crippen molar-refractivity contribution in [1.29, 1.82) is 0 Å². The molecule has 1 aliphatic rings. The van der Waals surface area contributed by atoms with Crippen LogP contribution >= 0.6 is 0 Å². The van der Waals surface area contributed by atoms with E-state index in [1.807, 2.05) is 34.9 Å². The Hall–Kier alpha value is -3.02. The number of nitrogens with zero attached hydrogens (tertiary/aromatic N) is 1. The van der Waals surface area contributed by atoms with Gasteiger partial charge in [0.05, 0.1) is 18.1 Å². The number of aromatic amines is 1. The van der Waals surface area contributed by atoms with Crippen molar-refractivity contribution in [2.45, 2.75) is 38.3 Å². The van der Waals surface area contributed by atoms with Crippen molar-refractivity contribution < 1.29 is 9.53 Å². The Morgan fingerprint density at radius 2 is 2.04 bits per heavy atom. The van der Waals surface area contributed by atoms with Crippen LogP contribution in [-0.4, -0.2) is 22.6 Å². The Morgan fingerprint density at radius 3 is 2.81 bits per heavy atom. The first-order valence-electron chi connectivity index (χ1n) is 9.31. The van der Waals surface area contributed by atoms with Crippen LogP contribution in [0.2, 0.25) is 0 Å². The van der Waals surface area contributed by atoms with Crippen molar-refractivity contribution >= 4 is 16.9 Å². The highest BCUT2D eigenvalue weighted by Gasteiger charge is 2.21. The van der Waals surface area contributed by atoms with E-state index >= 15 is 0 Å². The van der Waals surface area contributed by atoms with E-state index < -0.39 is 0 Å². The van der Waals surface area contributed by atoms with Crippen molar-refractivity contribution in [2.75, 3.05) is 7.11 Å². The summed E-state index contributed by atoms with van der Waals surface area (Å²) in [6.07, 6.45) is 4.40. The van der Waals surface area contributed by atoms with Gasteiger partial charge in [-0.15, -0.1) is 0 Å². The van der Waals surface area contributed by atoms with Gasteiger partial charge in [-0.25, -0.2) is 4.79 Å². The molecule has 6 heteroatoms. The number of nitrogens with one attached hydrogen (secondary N) is 2. The first-order chi connectivity index (χ1) is 13.2. The van der Waals surface area contributed by atoms with Crippen molar-refractivity contribution in [3.05, 3.63) is 64.1 Å². The van der Waals surface area contributed by atoms with Crippen LogP contribution in [0, 0.1) is 0 Å². The first kappa shape index (κ1) is 17.4. The van der Waals surface area contributed by atoms with Crippen molar-refractivity contribution in [1.82, 2.24) is 14.9 Å². The van der Waals surface area contributed by atoms with Gasteiger partial charge in [0.25, 0.3) is 5.91 Å². The van der Waals surface area contributed by atoms with Crippen LogP contribution in [0.5, 0.6) is 5.75 Å². The number of H-pyrrole nitrogens is 1. The molecule has 0 radical (unpaired) electrons. The third-order valence-corrected chi connectivity index (χ3v) is 5.26. The van der Waals surface area contributed by atoms with E-state index in [4.69, 9.17) is 4.74 Å². The highest BCUT2D eigenvalue weighted by molar-refractivity contribution is 5.97. The van der Waals surface area contributed by atoms with E-state index in [1.165, 1.54) is 0 Å². The molecule has 0 saturated heterocycles. The molecule has 0 spiro atoms. The summed E-state index contributed by atoms with van der Waals surface area (Å²) in [5.41, 5.74) is 2.98. The highest BCUT2D eigenvalue weighted by atomic mass is 16.5. The largest absolute Gasteiger partial charge is 0.497 e. The lowest BCUT2D eigenvalue weighted by molar-refractivity contribution is 0.0951. The standard InChI is InChI=1S/C21H23N3O3/c1-27-17-8-4-5-14(11-17)13-22-20(25)15-9-10-19-18(12-15)23-21(26)24(19)16-6-2-3-7-16/h4-5,8-12,16H,2-3,6-7,13H2,1H3,(H,22,25)(H,23,26). The summed E-state index contributed by atoms with van der Waals surface area (Å²) in [5.74, 6) is 0.586. The van der Waals surface area contributed by atoms with E-state index in [-0.39, 0.29) is 17.6 Å². The van der Waals surface area contributed by atoms with Crippen LogP contribution in [0.3, 0.4) is 0 Å². The third-order valence-electron chi connectivity index (χ3n) is 5.26. The lowest BCUT2D eigenvalue weighted by Gasteiger charge is -2.11. The minimum absolute atomic E-state index is 0.0918. The van der Waals surface area contributed by atoms with E-state index in [0.29, 0.717) is 17.6 Å². The fourth-order valence-electron chi connectivity index (χ4n) is 3.86. The molecule has 1 aliphatic carbocycles. The van der Waals surface area contributed by atoms with E-state index in [9.17, 15) is 9.59 Å². The van der Waals surface area contributed by atoms with Gasteiger partial charge in [0, 0.05) is 18.2 Å². The fraction of sp³-hybridized carbons (Fsp3) is 0.333. The van der Waals surface area contributed by atoms with Gasteiger partial charge >= 0.3 is 5.69 Å². The first-order valence-corrected chi connectivity index (χ1v) is 9.31. The summed E-state index contributed by atoms with van der Waals surface area (Å²) in [5, 5.41) is 2.91. The molecule has 3 aromatic rings. The monoisotopic (exact) mass is 365 g/mol. The summed E-state index contributed by atoms with van der Waals surface area (Å²) in [7, 11) is 1.62. The third kappa shape index (κ3) is 3.47. The molecule has 140 valence electrons. The lowest BCUT2D eigenvalue weighted by Crippen LogP contribution is -2.22. The summed E-state index contributed by atoms with van der Waals surface area (Å²) in [6.45, 7) is 0.410. The molecule has 1 heterocycles. The summed E-state index contributed by atoms with van der Waals surface area (Å²) in [6, 6.07) is 13.2. The number of imidazole rings is 1. The number of rotatable bonds is 5. The van der Waals surface area contributed by atoms with Crippen molar-refractivity contribution in [3.63, 3.8) is 0 Å². The molecule has 1 fully saturated rings. The van der Waals surface area contributed by atoms with Crippen LogP contribution in [0.1, 0.15) is 47.6 Å². The normalized spacial score (nSPS) is 14.6. The number of benzene rings is 2. The molecule has 0 aliphatic heterocycles. The average Bonchev–Trinajstić information content (AvgIpc) is 3.32. The SMILES string of the molecule is COc1cccc(CNC(=O)c2ccc3c(c2)[nH]c(=O)n3C2CCCC2)c1. The second kappa shape index (κ2) is 7.31. The zero-order valence-electron chi connectivity index (χ0n) is 15.3. The molecule has 2 aromatic carbocycles. The maximum atomic E-state index is 12.5. The summed E-state index contributed by atoms with van der Waals surface area (Å²) >= 11 is 0. The number of aromatic nitrogens is 2. The Labute approximate surface area is 157 Å². The van der Waals surface area contributed by atoms with Gasteiger partial charge in [-0.2, -0.15) is 0 Å². The number of hydrogen-bond donors (Lipinski definition) is 2. The van der Waals surface area contributed by atoms with Crippen molar-refractivity contribution in [3.8, 4) is 5.75 Å². The molecule has 1 amide bonds. The molecule has 4 rings (SSSR count). The maximum absolute atomic E-state index is 12.5. The fourth-order valence-corrected chi connectivity index (χ4v) is 3.86. The average molecular weight is 365 g/mol. The second-order valence-electron chi connectivity index (χ2n) is 7.00. The number of methoxy groups -OCH3 is 1. The van der Waals surface area contributed by atoms with Gasteiger partial charge in [-0.05, 0) is 48.7 Å². The Kier molecular flexibility index (Phi) is 4.71. The molecule has 1 aromatic heterocycles. The van der Waals surface area contributed by atoms with Crippen LogP contribution in [-0.2, 0) is 6.54 Å². The Bertz CT molecular complexity index is 1030. The lowest BCUT2D eigenvalue weighted by atomic mass is 10.1. The zero-order valence-corrected chi connectivity index (χ0v) is 15.3. The quantitative estimate of drug-likeness (QED) is 0.728. The molecule has 2 N–H and O–H groups in total. The van der Waals surface area contributed by atoms with Gasteiger partial charge in [0.2, 0.25) is 0 Å². The van der Waals surface area contributed by atoms with Gasteiger partial charge in [-0.3, -0.25) is 9.36 Å². The molecular formula is C21H23N3O3. The number of carbonyl (C=O) groups is 1. The molecule has 0 bridgehead atoms. The van der Waals surface area contributed by atoms with E-state index in [0.717, 1.165) is 42.5 Å². The Balaban J connectivity index is 1.53. The van der Waals surface area contributed by atoms with Gasteiger partial charge in [0.15, 0.2) is 0 Å². The van der Waals surface area contributed by atoms with Gasteiger partial charge in [-0.1, -0.05) is 25.0 Å². The van der Waals surface area contributed by atoms with Crippen molar-refractivity contribution in [2.24, 2.45) is 0 Å². The number of hydrogen-bond acceptors (Lipinski definition) is 3. The van der Waals surface area contributed by atoms with E-state index in [2.05, 4.69) is 10.3 Å². The highest BCUT2D eigenvalue weighted by Crippen LogP contribution is 2.30. The number of ether oxygens (including phenoxy) is 1. The summed E-state index contributed by atoms with van der Waals surface area (Å²) in [4.78, 5) is 27.8. The minimum Gasteiger partial charge on any atom is -0.497 e. The smallest absolute Gasteiger partial charge is 0.326 e. The van der Waals surface area contributed by atoms with Crippen LogP contribution in [0.4, 0.5) is 0 Å². The molecular weight excluding hydrogens is 342 g/mol. The second-order valence-corrected chi connectivity index (χ2v) is 7.00. The zero-order chi connectivity index (χ0) is 18.8. The molecule has 27 heavy (non-hydrogen) atoms. The van der Waals surface area contributed by atoms with Crippen LogP contribution in [0.15, 0.2) is 47.3 Å². The van der Waals surface area contributed by atoms with Crippen LogP contribution in [0.25, 0.3) is 11.0 Å². The van der Waals surface area contributed by atoms with Gasteiger partial charge in [0.1, 0.15) is 5.75 Å². The molecule has 0 atom stereocenters. The number of fused-ring (bicyclic) bond motifs is 1. The Morgan fingerprint density at radius 1 is 1.22 bits per heavy atom. The molecule has 6 nitrogen and oxygen atoms in total. The number of carbonyl (C=O) groups excluding carboxylic acids is 1. The molecule has 0 unspecified atom stereocenters. The maximum Gasteiger partial charge on any atom is 0.326 e. The van der Waals surface area contributed by atoms with Crippen LogP contribution < -0.4 is 15.7 Å². The predicted octanol–water partition coefficient (Wildman–Crippen LogP) is 3.38. The molecule has 1 saturated carbocycles. The topological polar surface area (TPSA) is 76.1 Å². The minimum atomic E-state index is -0.172. The van der Waals surface area contributed by atoms with Gasteiger partial charge < -0.3 is 15.0 Å².